The van der Waals surface area contributed by atoms with E-state index in [1.54, 1.807) is 12.1 Å². The van der Waals surface area contributed by atoms with Crippen molar-refractivity contribution in [2.75, 3.05) is 5.73 Å². The number of benzene rings is 1. The second-order valence-corrected chi connectivity index (χ2v) is 4.51. The molecular weight excluding hydrogens is 208 g/mol. The first kappa shape index (κ1) is 12.4. The van der Waals surface area contributed by atoms with Crippen molar-refractivity contribution in [2.45, 2.75) is 33.0 Å². The van der Waals surface area contributed by atoms with E-state index in [1.165, 1.54) is 6.07 Å². The Kier molecular flexibility index (Phi) is 3.49. The third-order valence-electron chi connectivity index (χ3n) is 2.03. The Bertz CT molecular complexity index is 397. The summed E-state index contributed by atoms with van der Waals surface area (Å²) in [6, 6.07) is 4.72. The minimum atomic E-state index is -0.490. The van der Waals surface area contributed by atoms with E-state index >= 15 is 0 Å². The third kappa shape index (κ3) is 3.20. The zero-order valence-electron chi connectivity index (χ0n) is 9.69. The molecule has 0 fully saturated rings. The second kappa shape index (κ2) is 4.49. The molecule has 0 aliphatic heterocycles. The topological polar surface area (TPSA) is 78.4 Å². The molecule has 0 heterocycles. The van der Waals surface area contributed by atoms with Crippen LogP contribution in [0, 0.1) is 10.1 Å². The molecule has 0 saturated carbocycles. The standard InChI is InChI=1S/C11H16N2O3/c1-11(2,3)16-7-8-5-4-6-9(10(8)12)13(14)15/h4-6H,7,12H2,1-3H3. The fraction of sp³-hybridized carbons (Fsp3) is 0.455. The highest BCUT2D eigenvalue weighted by Crippen LogP contribution is 2.26. The minimum absolute atomic E-state index is 0.0741. The summed E-state index contributed by atoms with van der Waals surface area (Å²) < 4.78 is 5.53. The summed E-state index contributed by atoms with van der Waals surface area (Å²) in [6.07, 6.45) is 0. The lowest BCUT2D eigenvalue weighted by Crippen LogP contribution is -2.19. The summed E-state index contributed by atoms with van der Waals surface area (Å²) in [5, 5.41) is 10.7. The van der Waals surface area contributed by atoms with Crippen LogP contribution in [-0.4, -0.2) is 10.5 Å². The van der Waals surface area contributed by atoms with Crippen molar-refractivity contribution >= 4 is 11.4 Å². The predicted molar refractivity (Wildman–Crippen MR) is 62.1 cm³/mol. The normalized spacial score (nSPS) is 11.4. The number of hydrogen-bond acceptors (Lipinski definition) is 4. The van der Waals surface area contributed by atoms with Gasteiger partial charge >= 0.3 is 0 Å². The van der Waals surface area contributed by atoms with E-state index in [1.807, 2.05) is 20.8 Å². The molecule has 0 aromatic heterocycles. The van der Waals surface area contributed by atoms with Crippen LogP contribution in [0.2, 0.25) is 0 Å². The van der Waals surface area contributed by atoms with Crippen LogP contribution in [0.5, 0.6) is 0 Å². The molecule has 2 N–H and O–H groups in total. The van der Waals surface area contributed by atoms with Gasteiger partial charge in [-0.25, -0.2) is 0 Å². The Morgan fingerprint density at radius 2 is 2.06 bits per heavy atom. The average molecular weight is 224 g/mol. The van der Waals surface area contributed by atoms with E-state index in [-0.39, 0.29) is 23.6 Å². The maximum atomic E-state index is 10.7. The SMILES string of the molecule is CC(C)(C)OCc1cccc([N+](=O)[O-])c1N. The fourth-order valence-electron chi connectivity index (χ4n) is 1.18. The zero-order chi connectivity index (χ0) is 12.3. The van der Waals surface area contributed by atoms with Crippen molar-refractivity contribution in [3.05, 3.63) is 33.9 Å². The van der Waals surface area contributed by atoms with E-state index in [4.69, 9.17) is 10.5 Å². The molecule has 0 bridgehead atoms. The van der Waals surface area contributed by atoms with Crippen molar-refractivity contribution in [1.29, 1.82) is 0 Å². The Balaban J connectivity index is 2.90. The van der Waals surface area contributed by atoms with Crippen LogP contribution in [0.15, 0.2) is 18.2 Å². The minimum Gasteiger partial charge on any atom is -0.393 e. The smallest absolute Gasteiger partial charge is 0.292 e. The maximum absolute atomic E-state index is 10.7. The van der Waals surface area contributed by atoms with E-state index in [9.17, 15) is 10.1 Å². The number of nitrogens with zero attached hydrogens (tertiary/aromatic N) is 1. The van der Waals surface area contributed by atoms with Gasteiger partial charge in [0.25, 0.3) is 5.69 Å². The Morgan fingerprint density at radius 1 is 1.44 bits per heavy atom. The summed E-state index contributed by atoms with van der Waals surface area (Å²) in [6.45, 7) is 6.03. The van der Waals surface area contributed by atoms with E-state index in [2.05, 4.69) is 0 Å². The molecule has 0 atom stereocenters. The summed E-state index contributed by atoms with van der Waals surface area (Å²) in [5.41, 5.74) is 6.14. The molecule has 1 aromatic carbocycles. The van der Waals surface area contributed by atoms with Gasteiger partial charge in [-0.2, -0.15) is 0 Å². The molecule has 0 aliphatic rings. The zero-order valence-corrected chi connectivity index (χ0v) is 9.69. The van der Waals surface area contributed by atoms with Gasteiger partial charge in [0.15, 0.2) is 0 Å². The number of nitrogen functional groups attached to an aromatic ring is 1. The lowest BCUT2D eigenvalue weighted by atomic mass is 10.1. The summed E-state index contributed by atoms with van der Waals surface area (Å²) >= 11 is 0. The average Bonchev–Trinajstić information content (AvgIpc) is 2.14. The van der Waals surface area contributed by atoms with Crippen molar-refractivity contribution < 1.29 is 9.66 Å². The molecule has 88 valence electrons. The fourth-order valence-corrected chi connectivity index (χ4v) is 1.18. The molecule has 5 nitrogen and oxygen atoms in total. The summed E-state index contributed by atoms with van der Waals surface area (Å²) in [4.78, 5) is 10.2. The molecule has 0 saturated heterocycles. The van der Waals surface area contributed by atoms with Gasteiger partial charge in [0, 0.05) is 11.6 Å². The van der Waals surface area contributed by atoms with Crippen LogP contribution < -0.4 is 5.73 Å². The maximum Gasteiger partial charge on any atom is 0.292 e. The van der Waals surface area contributed by atoms with Gasteiger partial charge in [0.2, 0.25) is 0 Å². The Labute approximate surface area is 94.4 Å². The molecule has 0 radical (unpaired) electrons. The molecule has 5 heteroatoms. The molecule has 16 heavy (non-hydrogen) atoms. The first-order valence-corrected chi connectivity index (χ1v) is 4.97. The molecular formula is C11H16N2O3. The Hall–Kier alpha value is -1.62. The Morgan fingerprint density at radius 3 is 2.56 bits per heavy atom. The van der Waals surface area contributed by atoms with Crippen LogP contribution in [0.4, 0.5) is 11.4 Å². The number of rotatable bonds is 3. The van der Waals surface area contributed by atoms with Crippen LogP contribution in [0.25, 0.3) is 0 Å². The monoisotopic (exact) mass is 224 g/mol. The lowest BCUT2D eigenvalue weighted by molar-refractivity contribution is -0.384. The second-order valence-electron chi connectivity index (χ2n) is 4.51. The van der Waals surface area contributed by atoms with Gasteiger partial charge < -0.3 is 10.5 Å². The van der Waals surface area contributed by atoms with E-state index < -0.39 is 4.92 Å². The number of nitrogens with two attached hydrogens (primary N) is 1. The summed E-state index contributed by atoms with van der Waals surface area (Å²) in [5.74, 6) is 0. The van der Waals surface area contributed by atoms with Crippen molar-refractivity contribution in [3.8, 4) is 0 Å². The highest BCUT2D eigenvalue weighted by atomic mass is 16.6. The van der Waals surface area contributed by atoms with Crippen molar-refractivity contribution in [1.82, 2.24) is 0 Å². The molecule has 0 amide bonds. The highest BCUT2D eigenvalue weighted by molar-refractivity contribution is 5.62. The number of ether oxygens (including phenoxy) is 1. The van der Waals surface area contributed by atoms with Gasteiger partial charge in [0.05, 0.1) is 17.1 Å². The van der Waals surface area contributed by atoms with Crippen LogP contribution in [-0.2, 0) is 11.3 Å². The molecule has 1 aromatic rings. The lowest BCUT2D eigenvalue weighted by Gasteiger charge is -2.20. The largest absolute Gasteiger partial charge is 0.393 e. The summed E-state index contributed by atoms with van der Waals surface area (Å²) in [7, 11) is 0. The first-order chi connectivity index (χ1) is 7.31. The number of para-hydroxylation sites is 1. The van der Waals surface area contributed by atoms with Crippen LogP contribution in [0.3, 0.4) is 0 Å². The number of nitro groups is 1. The van der Waals surface area contributed by atoms with Gasteiger partial charge in [-0.05, 0) is 20.8 Å². The molecule has 1 rings (SSSR count). The van der Waals surface area contributed by atoms with Gasteiger partial charge in [-0.15, -0.1) is 0 Å². The molecule has 0 unspecified atom stereocenters. The first-order valence-electron chi connectivity index (χ1n) is 4.97. The van der Waals surface area contributed by atoms with Gasteiger partial charge in [-0.1, -0.05) is 12.1 Å². The number of hydrogen-bond donors (Lipinski definition) is 1. The van der Waals surface area contributed by atoms with E-state index in [0.29, 0.717) is 5.56 Å². The van der Waals surface area contributed by atoms with Crippen molar-refractivity contribution in [3.63, 3.8) is 0 Å². The quantitative estimate of drug-likeness (QED) is 0.486. The molecule has 0 spiro atoms. The van der Waals surface area contributed by atoms with Crippen molar-refractivity contribution in [2.24, 2.45) is 0 Å². The number of anilines is 1. The number of nitro benzene ring substituents is 1. The predicted octanol–water partition coefficient (Wildman–Crippen LogP) is 2.49. The molecule has 0 aliphatic carbocycles. The van der Waals surface area contributed by atoms with E-state index in [0.717, 1.165) is 0 Å². The van der Waals surface area contributed by atoms with Gasteiger partial charge in [0.1, 0.15) is 5.69 Å². The van der Waals surface area contributed by atoms with Crippen LogP contribution in [0.1, 0.15) is 26.3 Å². The van der Waals surface area contributed by atoms with Gasteiger partial charge in [-0.3, -0.25) is 10.1 Å². The third-order valence-corrected chi connectivity index (χ3v) is 2.03. The highest BCUT2D eigenvalue weighted by Gasteiger charge is 2.16. The van der Waals surface area contributed by atoms with Crippen LogP contribution >= 0.6 is 0 Å².